The first kappa shape index (κ1) is 46.3. The SMILES string of the molecule is CCCCCCCC(=O)OCCOCCOCCOCCOCCOCCOCCOCCOCCOCCO[Si](C)(C)C(C)(C)C. The van der Waals surface area contributed by atoms with Gasteiger partial charge in [-0.15, -0.1) is 0 Å². The van der Waals surface area contributed by atoms with Gasteiger partial charge in [-0.1, -0.05) is 53.4 Å². The smallest absolute Gasteiger partial charge is 0.305 e. The number of hydrogen-bond acceptors (Lipinski definition) is 12. The second-order valence-electron chi connectivity index (χ2n) is 12.5. The number of carbonyl (C=O) groups is 1. The highest BCUT2D eigenvalue weighted by Crippen LogP contribution is 2.36. The fourth-order valence-corrected chi connectivity index (χ4v) is 4.62. The zero-order valence-electron chi connectivity index (χ0n) is 30.8. The van der Waals surface area contributed by atoms with Crippen LogP contribution < -0.4 is 0 Å². The van der Waals surface area contributed by atoms with Crippen LogP contribution >= 0.6 is 0 Å². The highest BCUT2D eigenvalue weighted by Gasteiger charge is 2.36. The van der Waals surface area contributed by atoms with Gasteiger partial charge in [0.05, 0.1) is 126 Å². The second-order valence-corrected chi connectivity index (χ2v) is 17.3. The molecule has 0 bridgehead atoms. The molecular formula is C34H70O12Si. The number of esters is 1. The normalized spacial score (nSPS) is 12.2. The summed E-state index contributed by atoms with van der Waals surface area (Å²) >= 11 is 0. The minimum atomic E-state index is -1.70. The molecule has 0 fully saturated rings. The lowest BCUT2D eigenvalue weighted by Gasteiger charge is -2.36. The monoisotopic (exact) mass is 698 g/mol. The summed E-state index contributed by atoms with van der Waals surface area (Å²) in [6, 6.07) is 0. The fourth-order valence-electron chi connectivity index (χ4n) is 3.59. The largest absolute Gasteiger partial charge is 0.463 e. The van der Waals surface area contributed by atoms with Gasteiger partial charge in [-0.05, 0) is 24.6 Å². The van der Waals surface area contributed by atoms with Crippen LogP contribution in [0.5, 0.6) is 0 Å². The molecule has 0 saturated heterocycles. The van der Waals surface area contributed by atoms with Crippen LogP contribution in [0.4, 0.5) is 0 Å². The zero-order chi connectivity index (χ0) is 34.7. The first-order chi connectivity index (χ1) is 22.7. The van der Waals surface area contributed by atoms with Crippen molar-refractivity contribution in [3.05, 3.63) is 0 Å². The molecule has 0 saturated carbocycles. The first-order valence-electron chi connectivity index (χ1n) is 17.7. The van der Waals surface area contributed by atoms with E-state index in [0.29, 0.717) is 132 Å². The van der Waals surface area contributed by atoms with Crippen molar-refractivity contribution in [3.63, 3.8) is 0 Å². The van der Waals surface area contributed by atoms with E-state index in [9.17, 15) is 4.79 Å². The molecule has 0 atom stereocenters. The van der Waals surface area contributed by atoms with Crippen molar-refractivity contribution in [3.8, 4) is 0 Å². The van der Waals surface area contributed by atoms with E-state index in [2.05, 4.69) is 40.8 Å². The van der Waals surface area contributed by atoms with Gasteiger partial charge in [0.25, 0.3) is 0 Å². The van der Waals surface area contributed by atoms with Crippen molar-refractivity contribution in [2.45, 2.75) is 84.4 Å². The number of ether oxygens (including phenoxy) is 10. The summed E-state index contributed by atoms with van der Waals surface area (Å²) in [6.07, 6.45) is 6.08. The minimum Gasteiger partial charge on any atom is -0.463 e. The Morgan fingerprint density at radius 1 is 0.447 bits per heavy atom. The molecule has 0 aromatic rings. The minimum absolute atomic E-state index is 0.145. The molecule has 0 unspecified atom stereocenters. The number of carbonyl (C=O) groups excluding carboxylic acids is 1. The van der Waals surface area contributed by atoms with Crippen molar-refractivity contribution < 1.29 is 56.6 Å². The molecule has 0 N–H and O–H groups in total. The maximum absolute atomic E-state index is 11.6. The Morgan fingerprint density at radius 3 is 1.06 bits per heavy atom. The van der Waals surface area contributed by atoms with Crippen LogP contribution in [0.15, 0.2) is 0 Å². The van der Waals surface area contributed by atoms with E-state index in [1.165, 1.54) is 19.3 Å². The number of unbranched alkanes of at least 4 members (excludes halogenated alkanes) is 4. The van der Waals surface area contributed by atoms with Crippen LogP contribution in [0.1, 0.15) is 66.2 Å². The standard InChI is InChI=1S/C34H70O12Si/c1-7-8-9-10-11-12-33(35)45-31-29-43-27-25-41-23-21-39-19-17-37-15-13-36-14-16-38-18-20-40-22-24-42-26-28-44-30-32-46-47(5,6)34(2,3)4/h7-32H2,1-6H3. The molecule has 0 aliphatic rings. The Balaban J connectivity index is 3.16. The van der Waals surface area contributed by atoms with Gasteiger partial charge >= 0.3 is 5.97 Å². The summed E-state index contributed by atoms with van der Waals surface area (Å²) in [5.41, 5.74) is 0. The van der Waals surface area contributed by atoms with Crippen LogP contribution in [-0.4, -0.2) is 146 Å². The molecular weight excluding hydrogens is 628 g/mol. The molecule has 282 valence electrons. The van der Waals surface area contributed by atoms with Gasteiger partial charge in [0.2, 0.25) is 0 Å². The molecule has 0 spiro atoms. The van der Waals surface area contributed by atoms with E-state index < -0.39 is 8.32 Å². The predicted molar refractivity (Wildman–Crippen MR) is 185 cm³/mol. The zero-order valence-corrected chi connectivity index (χ0v) is 31.8. The first-order valence-corrected chi connectivity index (χ1v) is 20.6. The lowest BCUT2D eigenvalue weighted by Crippen LogP contribution is -2.41. The van der Waals surface area contributed by atoms with Gasteiger partial charge in [-0.3, -0.25) is 4.79 Å². The molecule has 0 heterocycles. The Hall–Kier alpha value is -0.713. The van der Waals surface area contributed by atoms with E-state index >= 15 is 0 Å². The Kier molecular flexibility index (Phi) is 33.3. The summed E-state index contributed by atoms with van der Waals surface area (Å²) in [7, 11) is -1.70. The Labute approximate surface area is 287 Å². The van der Waals surface area contributed by atoms with Crippen molar-refractivity contribution in [2.75, 3.05) is 132 Å². The van der Waals surface area contributed by atoms with Gasteiger partial charge in [-0.2, -0.15) is 0 Å². The van der Waals surface area contributed by atoms with Gasteiger partial charge in [0.1, 0.15) is 6.61 Å². The lowest BCUT2D eigenvalue weighted by molar-refractivity contribution is -0.145. The van der Waals surface area contributed by atoms with Crippen LogP contribution in [0, 0.1) is 0 Å². The third kappa shape index (κ3) is 33.6. The molecule has 0 radical (unpaired) electrons. The third-order valence-electron chi connectivity index (χ3n) is 7.45. The Bertz CT molecular complexity index is 664. The molecule has 13 heteroatoms. The molecule has 0 aromatic carbocycles. The van der Waals surface area contributed by atoms with E-state index in [0.717, 1.165) is 12.8 Å². The predicted octanol–water partition coefficient (Wildman–Crippen LogP) is 5.06. The molecule has 0 aromatic heterocycles. The van der Waals surface area contributed by atoms with Crippen molar-refractivity contribution in [2.24, 2.45) is 0 Å². The van der Waals surface area contributed by atoms with E-state index in [4.69, 9.17) is 51.8 Å². The molecule has 0 rings (SSSR count). The van der Waals surface area contributed by atoms with Crippen LogP contribution in [0.3, 0.4) is 0 Å². The van der Waals surface area contributed by atoms with Crippen molar-refractivity contribution in [1.82, 2.24) is 0 Å². The van der Waals surface area contributed by atoms with Gasteiger partial charge in [-0.25, -0.2) is 0 Å². The maximum atomic E-state index is 11.6. The average Bonchev–Trinajstić information content (AvgIpc) is 3.03. The summed E-state index contributed by atoms with van der Waals surface area (Å²) in [4.78, 5) is 11.6. The molecule has 12 nitrogen and oxygen atoms in total. The molecule has 0 amide bonds. The Morgan fingerprint density at radius 2 is 0.745 bits per heavy atom. The van der Waals surface area contributed by atoms with Crippen molar-refractivity contribution >= 4 is 14.3 Å². The summed E-state index contributed by atoms with van der Waals surface area (Å²) in [6.45, 7) is 23.4. The molecule has 47 heavy (non-hydrogen) atoms. The summed E-state index contributed by atoms with van der Waals surface area (Å²) in [5.74, 6) is -0.145. The number of hydrogen-bond donors (Lipinski definition) is 0. The van der Waals surface area contributed by atoms with Crippen LogP contribution in [-0.2, 0) is 56.6 Å². The van der Waals surface area contributed by atoms with E-state index in [-0.39, 0.29) is 17.6 Å². The molecule has 0 aliphatic heterocycles. The third-order valence-corrected chi connectivity index (χ3v) is 12.0. The van der Waals surface area contributed by atoms with Crippen LogP contribution in [0.25, 0.3) is 0 Å². The maximum Gasteiger partial charge on any atom is 0.305 e. The number of rotatable bonds is 37. The van der Waals surface area contributed by atoms with Gasteiger partial charge in [0.15, 0.2) is 8.32 Å². The molecule has 0 aliphatic carbocycles. The average molecular weight is 699 g/mol. The van der Waals surface area contributed by atoms with Crippen LogP contribution in [0.2, 0.25) is 18.1 Å². The highest BCUT2D eigenvalue weighted by atomic mass is 28.4. The summed E-state index contributed by atoms with van der Waals surface area (Å²) < 4.78 is 60.7. The van der Waals surface area contributed by atoms with E-state index in [1.54, 1.807) is 0 Å². The highest BCUT2D eigenvalue weighted by molar-refractivity contribution is 6.74. The van der Waals surface area contributed by atoms with Gasteiger partial charge < -0.3 is 51.8 Å². The topological polar surface area (TPSA) is 119 Å². The summed E-state index contributed by atoms with van der Waals surface area (Å²) in [5, 5.41) is 0.216. The quantitative estimate of drug-likeness (QED) is 0.0490. The second kappa shape index (κ2) is 33.8. The fraction of sp³-hybridized carbons (Fsp3) is 0.971. The van der Waals surface area contributed by atoms with Crippen molar-refractivity contribution in [1.29, 1.82) is 0 Å². The van der Waals surface area contributed by atoms with Gasteiger partial charge in [0, 0.05) is 6.42 Å². The lowest BCUT2D eigenvalue weighted by atomic mass is 10.1. The van der Waals surface area contributed by atoms with E-state index in [1.807, 2.05) is 0 Å².